The summed E-state index contributed by atoms with van der Waals surface area (Å²) in [5.41, 5.74) is 0.961. The molecular weight excluding hydrogens is 305 g/mol. The highest BCUT2D eigenvalue weighted by molar-refractivity contribution is 6.30. The van der Waals surface area contributed by atoms with Crippen LogP contribution >= 0.6 is 11.6 Å². The molecule has 22 heavy (non-hydrogen) atoms. The third kappa shape index (κ3) is 3.30. The van der Waals surface area contributed by atoms with Crippen LogP contribution in [0.15, 0.2) is 35.3 Å². The molecule has 1 saturated heterocycles. The highest BCUT2D eigenvalue weighted by Gasteiger charge is 2.13. The molecule has 1 aromatic heterocycles. The number of aromatic nitrogens is 2. The van der Waals surface area contributed by atoms with E-state index in [0.717, 1.165) is 31.6 Å². The topological polar surface area (TPSA) is 38.1 Å². The summed E-state index contributed by atoms with van der Waals surface area (Å²) in [6, 6.07) is 5.87. The molecule has 1 aliphatic rings. The molecule has 0 spiro atoms. The van der Waals surface area contributed by atoms with E-state index in [1.807, 2.05) is 0 Å². The number of halogens is 2. The zero-order chi connectivity index (χ0) is 15.5. The van der Waals surface area contributed by atoms with Gasteiger partial charge in [0.15, 0.2) is 0 Å². The quantitative estimate of drug-likeness (QED) is 0.872. The number of benzene rings is 1. The molecule has 116 valence electrons. The average molecular weight is 322 g/mol. The maximum atomic E-state index is 13.7. The van der Waals surface area contributed by atoms with Crippen LogP contribution in [0.5, 0.6) is 0 Å². The van der Waals surface area contributed by atoms with Gasteiger partial charge >= 0.3 is 0 Å². The zero-order valence-corrected chi connectivity index (χ0v) is 12.9. The first-order valence-electron chi connectivity index (χ1n) is 7.39. The van der Waals surface area contributed by atoms with Crippen LogP contribution < -0.4 is 10.5 Å². The van der Waals surface area contributed by atoms with Crippen LogP contribution in [0.1, 0.15) is 24.8 Å². The van der Waals surface area contributed by atoms with Crippen LogP contribution in [0, 0.1) is 5.82 Å². The van der Waals surface area contributed by atoms with Crippen LogP contribution in [0.25, 0.3) is 0 Å². The fourth-order valence-corrected chi connectivity index (χ4v) is 2.89. The normalized spacial score (nSPS) is 15.1. The van der Waals surface area contributed by atoms with Gasteiger partial charge in [0.2, 0.25) is 0 Å². The molecule has 0 atom stereocenters. The summed E-state index contributed by atoms with van der Waals surface area (Å²) in [6.45, 7) is 1.98. The largest absolute Gasteiger partial charge is 0.370 e. The monoisotopic (exact) mass is 321 g/mol. The van der Waals surface area contributed by atoms with E-state index in [1.54, 1.807) is 12.3 Å². The van der Waals surface area contributed by atoms with Crippen molar-refractivity contribution in [1.82, 2.24) is 9.78 Å². The second kappa shape index (κ2) is 6.48. The fraction of sp³-hybridized carbons (Fsp3) is 0.375. The minimum Gasteiger partial charge on any atom is -0.370 e. The third-order valence-corrected chi connectivity index (χ3v) is 4.14. The molecule has 0 unspecified atom stereocenters. The zero-order valence-electron chi connectivity index (χ0n) is 12.1. The van der Waals surface area contributed by atoms with E-state index in [1.165, 1.54) is 29.3 Å². The van der Waals surface area contributed by atoms with Gasteiger partial charge in [-0.3, -0.25) is 4.79 Å². The average Bonchev–Trinajstić information content (AvgIpc) is 2.53. The highest BCUT2D eigenvalue weighted by Crippen LogP contribution is 2.18. The molecule has 1 fully saturated rings. The van der Waals surface area contributed by atoms with Gasteiger partial charge in [0.05, 0.1) is 18.4 Å². The van der Waals surface area contributed by atoms with Crippen LogP contribution in [0.4, 0.5) is 10.1 Å². The first-order valence-corrected chi connectivity index (χ1v) is 7.77. The number of hydrogen-bond acceptors (Lipinski definition) is 3. The number of piperidine rings is 1. The van der Waals surface area contributed by atoms with Gasteiger partial charge in [0.25, 0.3) is 5.56 Å². The molecule has 0 radical (unpaired) electrons. The lowest BCUT2D eigenvalue weighted by atomic mass is 10.1. The van der Waals surface area contributed by atoms with E-state index in [-0.39, 0.29) is 12.1 Å². The Morgan fingerprint density at radius 2 is 1.95 bits per heavy atom. The van der Waals surface area contributed by atoms with Crippen molar-refractivity contribution < 1.29 is 4.39 Å². The summed E-state index contributed by atoms with van der Waals surface area (Å²) in [7, 11) is 0. The predicted octanol–water partition coefficient (Wildman–Crippen LogP) is 3.07. The van der Waals surface area contributed by atoms with E-state index < -0.39 is 5.82 Å². The molecule has 1 aliphatic heterocycles. The molecule has 6 heteroatoms. The van der Waals surface area contributed by atoms with Gasteiger partial charge in [0.1, 0.15) is 5.82 Å². The molecule has 0 N–H and O–H groups in total. The molecule has 0 amide bonds. The number of rotatable bonds is 3. The van der Waals surface area contributed by atoms with Gasteiger partial charge in [-0.25, -0.2) is 9.07 Å². The van der Waals surface area contributed by atoms with Crippen molar-refractivity contribution in [2.45, 2.75) is 25.8 Å². The molecule has 4 nitrogen and oxygen atoms in total. The van der Waals surface area contributed by atoms with E-state index in [9.17, 15) is 9.18 Å². The standard InChI is InChI=1S/C16H17ClFN3O/c17-13-4-5-15(18)12(8-13)11-21-16(22)9-14(10-19-21)20-6-2-1-3-7-20/h4-5,8-10H,1-3,6-7,11H2. The van der Waals surface area contributed by atoms with Crippen LogP contribution in [-0.2, 0) is 6.54 Å². The molecule has 0 saturated carbocycles. The Labute approximate surface area is 133 Å². The van der Waals surface area contributed by atoms with Crippen molar-refractivity contribution in [3.05, 3.63) is 57.2 Å². The molecular formula is C16H17ClFN3O. The Morgan fingerprint density at radius 3 is 2.68 bits per heavy atom. The van der Waals surface area contributed by atoms with Crippen molar-refractivity contribution in [2.24, 2.45) is 0 Å². The van der Waals surface area contributed by atoms with E-state index in [4.69, 9.17) is 11.6 Å². The Bertz CT molecular complexity index is 726. The Morgan fingerprint density at radius 1 is 1.18 bits per heavy atom. The summed E-state index contributed by atoms with van der Waals surface area (Å²) < 4.78 is 15.0. The minimum absolute atomic E-state index is 0.0749. The lowest BCUT2D eigenvalue weighted by Crippen LogP contribution is -2.32. The second-order valence-corrected chi connectivity index (χ2v) is 5.93. The van der Waals surface area contributed by atoms with Crippen molar-refractivity contribution in [3.63, 3.8) is 0 Å². The van der Waals surface area contributed by atoms with E-state index in [2.05, 4.69) is 10.00 Å². The van der Waals surface area contributed by atoms with Crippen LogP contribution in [0.3, 0.4) is 0 Å². The second-order valence-electron chi connectivity index (χ2n) is 5.49. The third-order valence-electron chi connectivity index (χ3n) is 3.90. The Hall–Kier alpha value is -1.88. The van der Waals surface area contributed by atoms with Crippen molar-refractivity contribution in [3.8, 4) is 0 Å². The molecule has 0 aliphatic carbocycles. The van der Waals surface area contributed by atoms with Gasteiger partial charge in [0, 0.05) is 29.7 Å². The van der Waals surface area contributed by atoms with Crippen LogP contribution in [0.2, 0.25) is 5.02 Å². The summed E-state index contributed by atoms with van der Waals surface area (Å²) in [5, 5.41) is 4.61. The van der Waals surface area contributed by atoms with Crippen molar-refractivity contribution >= 4 is 17.3 Å². The van der Waals surface area contributed by atoms with E-state index >= 15 is 0 Å². The SMILES string of the molecule is O=c1cc(N2CCCCC2)cnn1Cc1cc(Cl)ccc1F. The lowest BCUT2D eigenvalue weighted by molar-refractivity contribution is 0.561. The maximum absolute atomic E-state index is 13.7. The number of hydrogen-bond donors (Lipinski definition) is 0. The lowest BCUT2D eigenvalue weighted by Gasteiger charge is -2.28. The van der Waals surface area contributed by atoms with Gasteiger partial charge in [-0.2, -0.15) is 5.10 Å². The number of nitrogens with zero attached hydrogens (tertiary/aromatic N) is 3. The molecule has 2 heterocycles. The molecule has 2 aromatic rings. The first kappa shape index (κ1) is 15.0. The van der Waals surface area contributed by atoms with Crippen molar-refractivity contribution in [2.75, 3.05) is 18.0 Å². The molecule has 3 rings (SSSR count). The summed E-state index contributed by atoms with van der Waals surface area (Å²) in [6.07, 6.45) is 5.18. The Balaban J connectivity index is 1.83. The summed E-state index contributed by atoms with van der Waals surface area (Å²) in [4.78, 5) is 14.4. The number of anilines is 1. The van der Waals surface area contributed by atoms with E-state index in [0.29, 0.717) is 10.6 Å². The molecule has 0 bridgehead atoms. The van der Waals surface area contributed by atoms with Gasteiger partial charge < -0.3 is 4.90 Å². The predicted molar refractivity (Wildman–Crippen MR) is 85.1 cm³/mol. The van der Waals surface area contributed by atoms with Gasteiger partial charge in [-0.15, -0.1) is 0 Å². The maximum Gasteiger partial charge on any atom is 0.269 e. The first-order chi connectivity index (χ1) is 10.6. The smallest absolute Gasteiger partial charge is 0.269 e. The highest BCUT2D eigenvalue weighted by atomic mass is 35.5. The summed E-state index contributed by atoms with van der Waals surface area (Å²) in [5.74, 6) is -0.391. The Kier molecular flexibility index (Phi) is 4.43. The summed E-state index contributed by atoms with van der Waals surface area (Å²) >= 11 is 5.87. The molecule has 1 aromatic carbocycles. The van der Waals surface area contributed by atoms with Crippen LogP contribution in [-0.4, -0.2) is 22.9 Å². The van der Waals surface area contributed by atoms with Crippen molar-refractivity contribution in [1.29, 1.82) is 0 Å². The fourth-order valence-electron chi connectivity index (χ4n) is 2.69. The minimum atomic E-state index is -0.391. The van der Waals surface area contributed by atoms with Gasteiger partial charge in [-0.05, 0) is 37.5 Å². The van der Waals surface area contributed by atoms with Gasteiger partial charge in [-0.1, -0.05) is 11.6 Å².